The van der Waals surface area contributed by atoms with E-state index in [1.54, 1.807) is 0 Å². The lowest BCUT2D eigenvalue weighted by atomic mass is 9.99. The van der Waals surface area contributed by atoms with Gasteiger partial charge in [-0.2, -0.15) is 0 Å². The minimum atomic E-state index is 0.212. The van der Waals surface area contributed by atoms with Gasteiger partial charge in [-0.1, -0.05) is 36.4 Å². The van der Waals surface area contributed by atoms with Gasteiger partial charge in [0.2, 0.25) is 5.12 Å². The van der Waals surface area contributed by atoms with E-state index in [0.717, 1.165) is 44.0 Å². The zero-order valence-corrected chi connectivity index (χ0v) is 15.7. The van der Waals surface area contributed by atoms with Crippen molar-refractivity contribution in [3.05, 3.63) is 64.7 Å². The monoisotopic (exact) mass is 371 g/mol. The lowest BCUT2D eigenvalue weighted by molar-refractivity contribution is -0.110. The first-order valence-electron chi connectivity index (χ1n) is 8.63. The fourth-order valence-electron chi connectivity index (χ4n) is 3.23. The van der Waals surface area contributed by atoms with Crippen LogP contribution in [0.1, 0.15) is 22.3 Å². The highest BCUT2D eigenvalue weighted by Crippen LogP contribution is 2.34. The van der Waals surface area contributed by atoms with Crippen molar-refractivity contribution in [2.75, 3.05) is 26.3 Å². The zero-order chi connectivity index (χ0) is 17.1. The highest BCUT2D eigenvalue weighted by Gasteiger charge is 2.17. The molecule has 4 rings (SSSR count). The average Bonchev–Trinajstić information content (AvgIpc) is 2.81. The molecule has 3 nitrogen and oxygen atoms in total. The normalized spacial score (nSPS) is 17.4. The molecule has 0 aliphatic carbocycles. The predicted molar refractivity (Wildman–Crippen MR) is 104 cm³/mol. The molecule has 0 saturated carbocycles. The molecule has 2 aromatic rings. The van der Waals surface area contributed by atoms with Gasteiger partial charge in [-0.3, -0.25) is 4.79 Å². The van der Waals surface area contributed by atoms with Crippen LogP contribution in [-0.2, 0) is 28.1 Å². The van der Waals surface area contributed by atoms with Crippen LogP contribution in [0.4, 0.5) is 0 Å². The van der Waals surface area contributed by atoms with Crippen molar-refractivity contribution in [2.24, 2.45) is 0 Å². The molecule has 130 valence electrons. The van der Waals surface area contributed by atoms with E-state index >= 15 is 0 Å². The van der Waals surface area contributed by atoms with E-state index in [1.165, 1.54) is 33.5 Å². The molecule has 2 aromatic carbocycles. The van der Waals surface area contributed by atoms with Crippen LogP contribution in [0.25, 0.3) is 0 Å². The van der Waals surface area contributed by atoms with E-state index in [1.807, 2.05) is 11.8 Å². The largest absolute Gasteiger partial charge is 0.379 e. The Morgan fingerprint density at radius 2 is 1.88 bits per heavy atom. The van der Waals surface area contributed by atoms with E-state index in [9.17, 15) is 4.79 Å². The topological polar surface area (TPSA) is 29.5 Å². The summed E-state index contributed by atoms with van der Waals surface area (Å²) in [5.74, 6) is 1.02. The Balaban J connectivity index is 1.46. The van der Waals surface area contributed by atoms with E-state index < -0.39 is 0 Å². The molecule has 0 aromatic heterocycles. The molecule has 0 spiro atoms. The fraction of sp³-hybridized carbons (Fsp3) is 0.350. The minimum absolute atomic E-state index is 0.212. The molecule has 0 unspecified atom stereocenters. The number of carbonyl (C=O) groups is 1. The standard InChI is InChI=1S/C20H21NO2S2/c22-20(25-21-7-9-23-10-8-21)12-15-5-6-19-18(11-15)13-16-3-1-2-4-17(16)14-24-19/h1-6,11H,7-10,12-14H2. The maximum atomic E-state index is 12.4. The maximum absolute atomic E-state index is 12.4. The van der Waals surface area contributed by atoms with Gasteiger partial charge in [0.25, 0.3) is 0 Å². The first kappa shape index (κ1) is 17.2. The van der Waals surface area contributed by atoms with E-state index in [-0.39, 0.29) is 5.12 Å². The maximum Gasteiger partial charge on any atom is 0.208 e. The Morgan fingerprint density at radius 3 is 2.72 bits per heavy atom. The van der Waals surface area contributed by atoms with E-state index in [0.29, 0.717) is 6.42 Å². The second kappa shape index (κ2) is 7.96. The van der Waals surface area contributed by atoms with Crippen LogP contribution in [0.15, 0.2) is 47.4 Å². The zero-order valence-electron chi connectivity index (χ0n) is 14.1. The lowest BCUT2D eigenvalue weighted by Crippen LogP contribution is -2.32. The Labute approximate surface area is 157 Å². The van der Waals surface area contributed by atoms with Gasteiger partial charge in [0.1, 0.15) is 0 Å². The summed E-state index contributed by atoms with van der Waals surface area (Å²) in [5.41, 5.74) is 5.28. The van der Waals surface area contributed by atoms with E-state index in [2.05, 4.69) is 46.8 Å². The molecular formula is C20H21NO2S2. The van der Waals surface area contributed by atoms with Gasteiger partial charge < -0.3 is 4.74 Å². The number of benzene rings is 2. The summed E-state index contributed by atoms with van der Waals surface area (Å²) >= 11 is 3.25. The number of hydrogen-bond acceptors (Lipinski definition) is 5. The van der Waals surface area contributed by atoms with Crippen molar-refractivity contribution in [2.45, 2.75) is 23.5 Å². The highest BCUT2D eigenvalue weighted by atomic mass is 32.2. The molecule has 0 atom stereocenters. The van der Waals surface area contributed by atoms with Gasteiger partial charge in [-0.25, -0.2) is 4.31 Å². The van der Waals surface area contributed by atoms with Crippen molar-refractivity contribution in [3.63, 3.8) is 0 Å². The molecule has 0 bridgehead atoms. The van der Waals surface area contributed by atoms with Crippen molar-refractivity contribution in [1.29, 1.82) is 0 Å². The van der Waals surface area contributed by atoms with Gasteiger partial charge in [-0.15, -0.1) is 11.8 Å². The van der Waals surface area contributed by atoms with Crippen LogP contribution in [-0.4, -0.2) is 35.7 Å². The SMILES string of the molecule is O=C(Cc1ccc2c(c1)Cc1ccccc1CS2)SN1CCOCC1. The third-order valence-corrected chi connectivity index (χ3v) is 6.69. The molecule has 1 saturated heterocycles. The number of ether oxygens (including phenoxy) is 1. The number of morpholine rings is 1. The molecule has 1 fully saturated rings. The third-order valence-electron chi connectivity index (χ3n) is 4.56. The van der Waals surface area contributed by atoms with Crippen molar-refractivity contribution in [1.82, 2.24) is 4.31 Å². The number of nitrogens with zero attached hydrogens (tertiary/aromatic N) is 1. The van der Waals surface area contributed by atoms with Crippen molar-refractivity contribution >= 4 is 28.8 Å². The Morgan fingerprint density at radius 1 is 1.08 bits per heavy atom. The van der Waals surface area contributed by atoms with Gasteiger partial charge in [0.15, 0.2) is 0 Å². The van der Waals surface area contributed by atoms with Crippen LogP contribution in [0.5, 0.6) is 0 Å². The fourth-order valence-corrected chi connectivity index (χ4v) is 5.16. The van der Waals surface area contributed by atoms with Gasteiger partial charge in [0, 0.05) is 30.2 Å². The molecule has 0 amide bonds. The Kier molecular flexibility index (Phi) is 5.46. The molecule has 2 aliphatic rings. The van der Waals surface area contributed by atoms with Gasteiger partial charge >= 0.3 is 0 Å². The molecule has 25 heavy (non-hydrogen) atoms. The average molecular weight is 372 g/mol. The summed E-state index contributed by atoms with van der Waals surface area (Å²) < 4.78 is 7.45. The summed E-state index contributed by atoms with van der Waals surface area (Å²) in [4.78, 5) is 13.7. The van der Waals surface area contributed by atoms with Crippen LogP contribution in [0.2, 0.25) is 0 Å². The number of rotatable bonds is 3. The second-order valence-electron chi connectivity index (χ2n) is 6.36. The summed E-state index contributed by atoms with van der Waals surface area (Å²) in [6.07, 6.45) is 1.44. The summed E-state index contributed by atoms with van der Waals surface area (Å²) in [6, 6.07) is 15.2. The molecule has 0 N–H and O–H groups in total. The van der Waals surface area contributed by atoms with Gasteiger partial charge in [0.05, 0.1) is 13.2 Å². The summed E-state index contributed by atoms with van der Waals surface area (Å²) in [6.45, 7) is 3.09. The van der Waals surface area contributed by atoms with Crippen LogP contribution in [0, 0.1) is 0 Å². The summed E-state index contributed by atoms with van der Waals surface area (Å²) in [7, 11) is 0. The Hall–Kier alpha value is -1.27. The van der Waals surface area contributed by atoms with Crippen LogP contribution in [0.3, 0.4) is 0 Å². The summed E-state index contributed by atoms with van der Waals surface area (Å²) in [5, 5.41) is 0.212. The number of fused-ring (bicyclic) bond motifs is 2. The van der Waals surface area contributed by atoms with Crippen LogP contribution >= 0.6 is 23.7 Å². The number of hydrogen-bond donors (Lipinski definition) is 0. The smallest absolute Gasteiger partial charge is 0.208 e. The first-order valence-corrected chi connectivity index (χ1v) is 10.4. The highest BCUT2D eigenvalue weighted by molar-refractivity contribution is 8.11. The van der Waals surface area contributed by atoms with Crippen LogP contribution < -0.4 is 0 Å². The molecule has 5 heteroatoms. The van der Waals surface area contributed by atoms with Gasteiger partial charge in [-0.05, 0) is 46.7 Å². The van der Waals surface area contributed by atoms with Crippen molar-refractivity contribution < 1.29 is 9.53 Å². The molecular weight excluding hydrogens is 350 g/mol. The predicted octanol–water partition coefficient (Wildman–Crippen LogP) is 3.93. The number of carbonyl (C=O) groups excluding carboxylic acids is 1. The quantitative estimate of drug-likeness (QED) is 0.763. The first-order chi connectivity index (χ1) is 12.3. The van der Waals surface area contributed by atoms with Crippen molar-refractivity contribution in [3.8, 4) is 0 Å². The minimum Gasteiger partial charge on any atom is -0.379 e. The number of thioether (sulfide) groups is 1. The van der Waals surface area contributed by atoms with E-state index in [4.69, 9.17) is 4.74 Å². The molecule has 2 heterocycles. The molecule has 0 radical (unpaired) electrons. The third kappa shape index (κ3) is 4.29. The second-order valence-corrected chi connectivity index (χ2v) is 8.53. The molecule has 2 aliphatic heterocycles. The Bertz CT molecular complexity index is 772. The lowest BCUT2D eigenvalue weighted by Gasteiger charge is -2.24.